The molecule has 1 aliphatic rings. The smallest absolute Gasteiger partial charge is 0.250 e. The minimum absolute atomic E-state index is 0.0161. The van der Waals surface area contributed by atoms with Crippen LogP contribution >= 0.6 is 0 Å². The second kappa shape index (κ2) is 7.26. The second-order valence-electron chi connectivity index (χ2n) is 6.56. The van der Waals surface area contributed by atoms with Crippen molar-refractivity contribution in [2.75, 3.05) is 13.1 Å². The lowest BCUT2D eigenvalue weighted by atomic mass is 10.0. The Morgan fingerprint density at radius 3 is 2.54 bits per heavy atom. The van der Waals surface area contributed by atoms with Gasteiger partial charge in [0.1, 0.15) is 0 Å². The fourth-order valence-electron chi connectivity index (χ4n) is 3.60. The number of ketones is 1. The number of nitrogens with zero attached hydrogens (tertiary/aromatic N) is 3. The minimum Gasteiger partial charge on any atom is -0.292 e. The standard InChI is InChI=1S/C19H25N3O2/c1-3-9-17(21-12-7-4-8-13-21)19(24)22-16-11-6-5-10-15(16)20-18(22)14(2)23/h5-6,10-11,17H,3-4,7-9,12-13H2,1-2H3. The molecule has 0 spiro atoms. The van der Waals surface area contributed by atoms with Crippen LogP contribution in [0.1, 0.15) is 61.4 Å². The van der Waals surface area contributed by atoms with E-state index in [2.05, 4.69) is 16.8 Å². The molecule has 5 nitrogen and oxygen atoms in total. The average Bonchev–Trinajstić information content (AvgIpc) is 3.00. The van der Waals surface area contributed by atoms with E-state index in [1.165, 1.54) is 13.3 Å². The van der Waals surface area contributed by atoms with Gasteiger partial charge in [-0.15, -0.1) is 0 Å². The zero-order valence-corrected chi connectivity index (χ0v) is 14.5. The summed E-state index contributed by atoms with van der Waals surface area (Å²) < 4.78 is 1.55. The molecule has 1 aromatic heterocycles. The Kier molecular flexibility index (Phi) is 5.09. The predicted molar refractivity (Wildman–Crippen MR) is 94.5 cm³/mol. The van der Waals surface area contributed by atoms with Gasteiger partial charge in [0.15, 0.2) is 11.6 Å². The first-order valence-corrected chi connectivity index (χ1v) is 8.90. The van der Waals surface area contributed by atoms with Crippen LogP contribution in [0.4, 0.5) is 0 Å². The molecule has 1 saturated heterocycles. The molecule has 0 bridgehead atoms. The van der Waals surface area contributed by atoms with Crippen molar-refractivity contribution in [3.05, 3.63) is 30.1 Å². The van der Waals surface area contributed by atoms with E-state index >= 15 is 0 Å². The molecule has 128 valence electrons. The maximum atomic E-state index is 13.4. The summed E-state index contributed by atoms with van der Waals surface area (Å²) >= 11 is 0. The first-order chi connectivity index (χ1) is 11.6. The number of para-hydroxylation sites is 2. The van der Waals surface area contributed by atoms with E-state index in [9.17, 15) is 9.59 Å². The van der Waals surface area contributed by atoms with Crippen LogP contribution in [0.2, 0.25) is 0 Å². The number of hydrogen-bond acceptors (Lipinski definition) is 4. The zero-order valence-electron chi connectivity index (χ0n) is 14.5. The number of imidazole rings is 1. The highest BCUT2D eigenvalue weighted by atomic mass is 16.2. The van der Waals surface area contributed by atoms with Gasteiger partial charge in [0.2, 0.25) is 5.91 Å². The number of likely N-dealkylation sites (tertiary alicyclic amines) is 1. The van der Waals surface area contributed by atoms with Crippen LogP contribution in [0.25, 0.3) is 11.0 Å². The summed E-state index contributed by atoms with van der Waals surface area (Å²) in [5.74, 6) is 0.0606. The van der Waals surface area contributed by atoms with E-state index in [-0.39, 0.29) is 23.6 Å². The van der Waals surface area contributed by atoms with Gasteiger partial charge in [-0.2, -0.15) is 0 Å². The van der Waals surface area contributed by atoms with Crippen LogP contribution in [0.5, 0.6) is 0 Å². The summed E-state index contributed by atoms with van der Waals surface area (Å²) in [6.07, 6.45) is 5.25. The monoisotopic (exact) mass is 327 g/mol. The molecule has 1 aliphatic heterocycles. The minimum atomic E-state index is -0.175. The maximum Gasteiger partial charge on any atom is 0.250 e. The van der Waals surface area contributed by atoms with Gasteiger partial charge in [0.05, 0.1) is 17.1 Å². The highest BCUT2D eigenvalue weighted by molar-refractivity contribution is 6.02. The molecule has 1 atom stereocenters. The molecule has 1 aromatic carbocycles. The molecule has 0 aliphatic carbocycles. The molecular weight excluding hydrogens is 302 g/mol. The van der Waals surface area contributed by atoms with Crippen LogP contribution in [-0.2, 0) is 0 Å². The highest BCUT2D eigenvalue weighted by Gasteiger charge is 2.30. The lowest BCUT2D eigenvalue weighted by Crippen LogP contribution is -2.46. The van der Waals surface area contributed by atoms with Crippen LogP contribution in [-0.4, -0.2) is 45.3 Å². The molecule has 2 heterocycles. The number of fused-ring (bicyclic) bond motifs is 1. The molecule has 0 radical (unpaired) electrons. The SMILES string of the molecule is CCCC(C(=O)n1c(C(C)=O)nc2ccccc21)N1CCCCC1. The maximum absolute atomic E-state index is 13.4. The predicted octanol–water partition coefficient (Wildman–Crippen LogP) is 3.53. The van der Waals surface area contributed by atoms with Gasteiger partial charge in [-0.05, 0) is 44.5 Å². The third kappa shape index (κ3) is 3.13. The largest absolute Gasteiger partial charge is 0.292 e. The molecule has 2 aromatic rings. The molecule has 0 amide bonds. The van der Waals surface area contributed by atoms with E-state index in [1.54, 1.807) is 4.57 Å². The molecule has 3 rings (SSSR count). The molecular formula is C19H25N3O2. The van der Waals surface area contributed by atoms with Crippen LogP contribution < -0.4 is 0 Å². The summed E-state index contributed by atoms with van der Waals surface area (Å²) in [5.41, 5.74) is 1.43. The first kappa shape index (κ1) is 16.8. The fraction of sp³-hybridized carbons (Fsp3) is 0.526. The van der Waals surface area contributed by atoms with Crippen molar-refractivity contribution >= 4 is 22.7 Å². The van der Waals surface area contributed by atoms with Crippen LogP contribution in [0.3, 0.4) is 0 Å². The van der Waals surface area contributed by atoms with Gasteiger partial charge < -0.3 is 0 Å². The Labute approximate surface area is 142 Å². The number of rotatable bonds is 5. The third-order valence-corrected chi connectivity index (χ3v) is 4.77. The summed E-state index contributed by atoms with van der Waals surface area (Å²) in [6.45, 7) is 5.49. The Hall–Kier alpha value is -2.01. The van der Waals surface area contributed by atoms with Crippen LogP contribution in [0.15, 0.2) is 24.3 Å². The fourth-order valence-corrected chi connectivity index (χ4v) is 3.60. The van der Waals surface area contributed by atoms with E-state index in [0.717, 1.165) is 44.3 Å². The van der Waals surface area contributed by atoms with Gasteiger partial charge in [-0.1, -0.05) is 31.9 Å². The Bertz CT molecular complexity index is 744. The van der Waals surface area contributed by atoms with Gasteiger partial charge in [0, 0.05) is 6.92 Å². The Balaban J connectivity index is 2.04. The lowest BCUT2D eigenvalue weighted by Gasteiger charge is -2.33. The van der Waals surface area contributed by atoms with Crippen molar-refractivity contribution < 1.29 is 9.59 Å². The van der Waals surface area contributed by atoms with Crippen molar-refractivity contribution in [2.24, 2.45) is 0 Å². The van der Waals surface area contributed by atoms with Crippen LogP contribution in [0, 0.1) is 0 Å². The normalized spacial score (nSPS) is 17.1. The van der Waals surface area contributed by atoms with E-state index < -0.39 is 0 Å². The summed E-state index contributed by atoms with van der Waals surface area (Å²) in [4.78, 5) is 32.1. The van der Waals surface area contributed by atoms with Gasteiger partial charge in [-0.3, -0.25) is 19.1 Å². The van der Waals surface area contributed by atoms with Gasteiger partial charge in [-0.25, -0.2) is 4.98 Å². The molecule has 0 N–H and O–H groups in total. The number of hydrogen-bond donors (Lipinski definition) is 0. The topological polar surface area (TPSA) is 55.2 Å². The highest BCUT2D eigenvalue weighted by Crippen LogP contribution is 2.22. The summed E-state index contributed by atoms with van der Waals surface area (Å²) in [7, 11) is 0. The number of carbonyl (C=O) groups excluding carboxylic acids is 2. The molecule has 24 heavy (non-hydrogen) atoms. The number of benzene rings is 1. The van der Waals surface area contributed by atoms with Crippen molar-refractivity contribution in [3.8, 4) is 0 Å². The van der Waals surface area contributed by atoms with Crippen molar-refractivity contribution in [1.82, 2.24) is 14.5 Å². The number of aromatic nitrogens is 2. The van der Waals surface area contributed by atoms with Crippen molar-refractivity contribution in [3.63, 3.8) is 0 Å². The number of Topliss-reactive ketones (excluding diaryl/α,β-unsaturated/α-hetero) is 1. The van der Waals surface area contributed by atoms with Gasteiger partial charge in [0.25, 0.3) is 0 Å². The molecule has 1 unspecified atom stereocenters. The molecule has 0 saturated carbocycles. The van der Waals surface area contributed by atoms with E-state index in [1.807, 2.05) is 24.3 Å². The third-order valence-electron chi connectivity index (χ3n) is 4.77. The Morgan fingerprint density at radius 1 is 1.17 bits per heavy atom. The number of piperidine rings is 1. The zero-order chi connectivity index (χ0) is 17.1. The first-order valence-electron chi connectivity index (χ1n) is 8.90. The number of carbonyl (C=O) groups is 2. The lowest BCUT2D eigenvalue weighted by molar-refractivity contribution is 0.0675. The summed E-state index contributed by atoms with van der Waals surface area (Å²) in [6, 6.07) is 7.30. The summed E-state index contributed by atoms with van der Waals surface area (Å²) in [5, 5.41) is 0. The quantitative estimate of drug-likeness (QED) is 0.788. The average molecular weight is 327 g/mol. The van der Waals surface area contributed by atoms with Crippen molar-refractivity contribution in [2.45, 2.75) is 52.0 Å². The molecule has 1 fully saturated rings. The van der Waals surface area contributed by atoms with Gasteiger partial charge >= 0.3 is 0 Å². The second-order valence-corrected chi connectivity index (χ2v) is 6.56. The van der Waals surface area contributed by atoms with E-state index in [4.69, 9.17) is 0 Å². The van der Waals surface area contributed by atoms with Crippen molar-refractivity contribution in [1.29, 1.82) is 0 Å². The molecule has 5 heteroatoms. The Morgan fingerprint density at radius 2 is 1.88 bits per heavy atom. The van der Waals surface area contributed by atoms with E-state index in [0.29, 0.717) is 5.52 Å².